The molecule has 0 radical (unpaired) electrons. The Hall–Kier alpha value is -4.35. The van der Waals surface area contributed by atoms with E-state index in [1.807, 2.05) is 31.2 Å². The molecule has 0 aliphatic rings. The molecule has 0 aliphatic carbocycles. The van der Waals surface area contributed by atoms with Gasteiger partial charge in [-0.1, -0.05) is 42.2 Å². The molecule has 0 bridgehead atoms. The lowest BCUT2D eigenvalue weighted by Gasteiger charge is -2.07. The number of hydrogen-bond donors (Lipinski definition) is 2. The maximum atomic E-state index is 11.7. The number of rotatable bonds is 3. The molecule has 36 heavy (non-hydrogen) atoms. The number of nitrogens with zero attached hydrogens (tertiary/aromatic N) is 2. The highest BCUT2D eigenvalue weighted by Crippen LogP contribution is 2.22. The zero-order valence-electron chi connectivity index (χ0n) is 20.1. The van der Waals surface area contributed by atoms with Gasteiger partial charge < -0.3 is 15.2 Å². The fourth-order valence-electron chi connectivity index (χ4n) is 3.13. The molecule has 0 unspecified atom stereocenters. The van der Waals surface area contributed by atoms with Gasteiger partial charge in [0.1, 0.15) is 6.61 Å². The molecule has 0 saturated carbocycles. The molecule has 0 spiro atoms. The Balaban J connectivity index is 0.000000249. The van der Waals surface area contributed by atoms with Crippen molar-refractivity contribution in [1.82, 2.24) is 9.97 Å². The van der Waals surface area contributed by atoms with Crippen LogP contribution in [0.25, 0.3) is 10.9 Å². The van der Waals surface area contributed by atoms with Gasteiger partial charge in [-0.05, 0) is 36.8 Å². The van der Waals surface area contributed by atoms with Gasteiger partial charge in [-0.15, -0.1) is 12.6 Å². The number of para-hydroxylation sites is 1. The summed E-state index contributed by atoms with van der Waals surface area (Å²) in [5.41, 5.74) is 10.3. The van der Waals surface area contributed by atoms with Crippen LogP contribution in [-0.2, 0) is 20.9 Å². The fourth-order valence-corrected chi connectivity index (χ4v) is 3.39. The molecule has 8 heteroatoms. The molecular weight excluding hydrogens is 474 g/mol. The Bertz CT molecular complexity index is 1470. The van der Waals surface area contributed by atoms with Crippen LogP contribution in [0.1, 0.15) is 39.7 Å². The highest BCUT2D eigenvalue weighted by molar-refractivity contribution is 7.80. The van der Waals surface area contributed by atoms with Gasteiger partial charge in [-0.25, -0.2) is 9.78 Å². The summed E-state index contributed by atoms with van der Waals surface area (Å²) < 4.78 is 9.62. The number of nitrogens with two attached hydrogens (primary N) is 1. The first-order valence-electron chi connectivity index (χ1n) is 10.9. The number of pyridine rings is 2. The minimum absolute atomic E-state index is 0.0866. The summed E-state index contributed by atoms with van der Waals surface area (Å²) in [6.45, 7) is 3.24. The quantitative estimate of drug-likeness (QED) is 0.181. The first kappa shape index (κ1) is 26.3. The number of hydrogen-bond acceptors (Lipinski definition) is 8. The third-order valence-electron chi connectivity index (χ3n) is 5.03. The molecule has 4 aromatic rings. The van der Waals surface area contributed by atoms with Crippen molar-refractivity contribution in [2.45, 2.75) is 25.3 Å². The summed E-state index contributed by atoms with van der Waals surface area (Å²) in [7, 11) is 1.26. The third-order valence-corrected chi connectivity index (χ3v) is 5.59. The molecule has 182 valence electrons. The van der Waals surface area contributed by atoms with Crippen LogP contribution in [-0.4, -0.2) is 29.0 Å². The molecule has 2 N–H and O–H groups in total. The van der Waals surface area contributed by atoms with Crippen LogP contribution in [0.5, 0.6) is 0 Å². The van der Waals surface area contributed by atoms with Crippen LogP contribution in [0, 0.1) is 18.8 Å². The summed E-state index contributed by atoms with van der Waals surface area (Å²) >= 11 is 4.40. The lowest BCUT2D eigenvalue weighted by molar-refractivity contribution is -0.142. The number of methoxy groups -OCH3 is 1. The molecular formula is C28H25N3O4S. The Labute approximate surface area is 215 Å². The van der Waals surface area contributed by atoms with Crippen LogP contribution in [0.2, 0.25) is 0 Å². The maximum Gasteiger partial charge on any atom is 0.357 e. The lowest BCUT2D eigenvalue weighted by Crippen LogP contribution is -2.11. The first-order valence-corrected chi connectivity index (χ1v) is 11.3. The van der Waals surface area contributed by atoms with Crippen LogP contribution >= 0.6 is 12.6 Å². The molecule has 7 nitrogen and oxygen atoms in total. The van der Waals surface area contributed by atoms with E-state index in [4.69, 9.17) is 10.5 Å². The van der Waals surface area contributed by atoms with Crippen molar-refractivity contribution in [2.75, 3.05) is 12.8 Å². The summed E-state index contributed by atoms with van der Waals surface area (Å²) in [4.78, 5) is 32.0. The Kier molecular flexibility index (Phi) is 9.03. The molecule has 2 aromatic carbocycles. The van der Waals surface area contributed by atoms with Crippen molar-refractivity contribution in [3.8, 4) is 11.8 Å². The van der Waals surface area contributed by atoms with Gasteiger partial charge in [0.05, 0.1) is 12.6 Å². The number of aromatic nitrogens is 2. The van der Waals surface area contributed by atoms with Gasteiger partial charge in [-0.2, -0.15) is 0 Å². The molecule has 0 amide bonds. The number of esters is 2. The highest BCUT2D eigenvalue weighted by Gasteiger charge is 2.15. The van der Waals surface area contributed by atoms with E-state index in [1.54, 1.807) is 24.4 Å². The molecule has 2 heterocycles. The highest BCUT2D eigenvalue weighted by atomic mass is 32.1. The topological polar surface area (TPSA) is 104 Å². The largest absolute Gasteiger partial charge is 0.464 e. The number of carbonyl (C=O) groups is 2. The molecule has 2 aromatic heterocycles. The smallest absolute Gasteiger partial charge is 0.357 e. The summed E-state index contributed by atoms with van der Waals surface area (Å²) in [6.07, 6.45) is 3.25. The van der Waals surface area contributed by atoms with E-state index in [2.05, 4.69) is 51.3 Å². The second-order valence-corrected chi connectivity index (χ2v) is 8.09. The fraction of sp³-hybridized carbons (Fsp3) is 0.143. The van der Waals surface area contributed by atoms with E-state index in [0.717, 1.165) is 15.8 Å². The number of aryl methyl sites for hydroxylation is 1. The summed E-state index contributed by atoms with van der Waals surface area (Å²) in [5.74, 6) is 4.81. The summed E-state index contributed by atoms with van der Waals surface area (Å²) in [6, 6.07) is 17.0. The molecule has 0 atom stereocenters. The zero-order valence-corrected chi connectivity index (χ0v) is 21.0. The van der Waals surface area contributed by atoms with Crippen LogP contribution in [0.15, 0.2) is 71.9 Å². The van der Waals surface area contributed by atoms with E-state index < -0.39 is 11.9 Å². The molecule has 4 rings (SSSR count). The second-order valence-electron chi connectivity index (χ2n) is 7.65. The van der Waals surface area contributed by atoms with Crippen molar-refractivity contribution in [3.63, 3.8) is 0 Å². The number of carbonyl (C=O) groups excluding carboxylic acids is 2. The minimum Gasteiger partial charge on any atom is -0.464 e. The second kappa shape index (κ2) is 12.4. The zero-order chi connectivity index (χ0) is 26.1. The van der Waals surface area contributed by atoms with Gasteiger partial charge in [0.2, 0.25) is 0 Å². The Morgan fingerprint density at radius 1 is 1.06 bits per heavy atom. The van der Waals surface area contributed by atoms with Crippen LogP contribution in [0.4, 0.5) is 5.69 Å². The summed E-state index contributed by atoms with van der Waals surface area (Å²) in [5, 5.41) is 1.15. The van der Waals surface area contributed by atoms with Gasteiger partial charge in [0.25, 0.3) is 0 Å². The average Bonchev–Trinajstić information content (AvgIpc) is 2.89. The number of ether oxygens (including phenoxy) is 2. The minimum atomic E-state index is -0.607. The van der Waals surface area contributed by atoms with Crippen molar-refractivity contribution >= 4 is 41.2 Å². The van der Waals surface area contributed by atoms with Gasteiger partial charge >= 0.3 is 11.9 Å². The van der Waals surface area contributed by atoms with E-state index in [1.165, 1.54) is 25.8 Å². The van der Waals surface area contributed by atoms with E-state index in [-0.39, 0.29) is 12.3 Å². The lowest BCUT2D eigenvalue weighted by atomic mass is 10.1. The standard InChI is InChI=1S/C18H16N2O4.C10H9NS/c1-12(21)24-11-15-9-13(10-20-17(15)18(22)23-2)7-8-14-5-3-4-6-16(14)19;1-7-4-5-8-3-2-6-11-9(8)10(7)12/h3-6,9-10H,11,19H2,1-2H3;2-6,12H,1H3. The first-order chi connectivity index (χ1) is 17.3. The number of nitrogen functional groups attached to an aromatic ring is 1. The SMILES string of the molecule is COC(=O)c1ncc(C#Cc2ccccc2N)cc1COC(C)=O.Cc1ccc2cccnc2c1S. The van der Waals surface area contributed by atoms with Gasteiger partial charge in [-0.3, -0.25) is 9.78 Å². The molecule has 0 saturated heterocycles. The normalized spacial score (nSPS) is 9.89. The average molecular weight is 500 g/mol. The van der Waals surface area contributed by atoms with E-state index in [0.29, 0.717) is 22.4 Å². The Morgan fingerprint density at radius 2 is 1.83 bits per heavy atom. The maximum absolute atomic E-state index is 11.7. The van der Waals surface area contributed by atoms with Gasteiger partial charge in [0.15, 0.2) is 5.69 Å². The predicted octanol–water partition coefficient (Wildman–Crippen LogP) is 4.75. The van der Waals surface area contributed by atoms with Crippen molar-refractivity contribution in [3.05, 3.63) is 94.9 Å². The van der Waals surface area contributed by atoms with Crippen LogP contribution in [0.3, 0.4) is 0 Å². The number of benzene rings is 2. The third kappa shape index (κ3) is 6.84. The van der Waals surface area contributed by atoms with Crippen molar-refractivity contribution in [1.29, 1.82) is 0 Å². The van der Waals surface area contributed by atoms with Gasteiger partial charge in [0, 0.05) is 52.0 Å². The number of anilines is 1. The Morgan fingerprint density at radius 3 is 2.56 bits per heavy atom. The van der Waals surface area contributed by atoms with E-state index in [9.17, 15) is 9.59 Å². The number of thiol groups is 1. The molecule has 0 aliphatic heterocycles. The monoisotopic (exact) mass is 499 g/mol. The number of fused-ring (bicyclic) bond motifs is 1. The van der Waals surface area contributed by atoms with E-state index >= 15 is 0 Å². The predicted molar refractivity (Wildman–Crippen MR) is 142 cm³/mol. The molecule has 0 fully saturated rings. The van der Waals surface area contributed by atoms with Crippen LogP contribution < -0.4 is 5.73 Å². The van der Waals surface area contributed by atoms with Crippen molar-refractivity contribution < 1.29 is 19.1 Å². The van der Waals surface area contributed by atoms with Crippen molar-refractivity contribution in [2.24, 2.45) is 0 Å².